The van der Waals surface area contributed by atoms with E-state index in [1.807, 2.05) is 13.8 Å². The van der Waals surface area contributed by atoms with E-state index in [0.717, 1.165) is 0 Å². The summed E-state index contributed by atoms with van der Waals surface area (Å²) in [6.07, 6.45) is 0. The van der Waals surface area contributed by atoms with Crippen LogP contribution in [0.2, 0.25) is 0 Å². The molecule has 1 aromatic rings. The summed E-state index contributed by atoms with van der Waals surface area (Å²) in [5.74, 6) is -0.610. The van der Waals surface area contributed by atoms with Gasteiger partial charge in [0.1, 0.15) is 0 Å². The Balaban J connectivity index is 2.85. The van der Waals surface area contributed by atoms with Gasteiger partial charge >= 0.3 is 5.97 Å². The lowest BCUT2D eigenvalue weighted by Crippen LogP contribution is -2.30. The zero-order valence-corrected chi connectivity index (χ0v) is 9.65. The van der Waals surface area contributed by atoms with Crippen LogP contribution in [-0.2, 0) is 4.74 Å². The molecule has 0 aliphatic carbocycles. The van der Waals surface area contributed by atoms with Gasteiger partial charge in [0, 0.05) is 13.1 Å². The van der Waals surface area contributed by atoms with E-state index in [1.54, 1.807) is 4.90 Å². The maximum atomic E-state index is 11.8. The van der Waals surface area contributed by atoms with Crippen LogP contribution in [0, 0.1) is 0 Å². The van der Waals surface area contributed by atoms with Crippen LogP contribution in [0.25, 0.3) is 0 Å². The average molecular weight is 225 g/mol. The number of hydrogen-bond donors (Lipinski definition) is 0. The van der Waals surface area contributed by atoms with E-state index in [2.05, 4.69) is 4.74 Å². The van der Waals surface area contributed by atoms with Crippen LogP contribution in [0.3, 0.4) is 0 Å². The Morgan fingerprint density at radius 1 is 1.25 bits per heavy atom. The largest absolute Gasteiger partial charge is 0.463 e. The molecule has 0 atom stereocenters. The topological polar surface area (TPSA) is 59.8 Å². The van der Waals surface area contributed by atoms with Crippen LogP contribution in [0.1, 0.15) is 35.0 Å². The van der Waals surface area contributed by atoms with Crippen molar-refractivity contribution in [2.75, 3.05) is 20.2 Å². The van der Waals surface area contributed by atoms with Crippen LogP contribution in [0.15, 0.2) is 16.5 Å². The van der Waals surface area contributed by atoms with Crippen LogP contribution < -0.4 is 0 Å². The quantitative estimate of drug-likeness (QED) is 0.729. The summed E-state index contributed by atoms with van der Waals surface area (Å²) in [5, 5.41) is 0. The molecule has 0 radical (unpaired) electrons. The number of furan rings is 1. The van der Waals surface area contributed by atoms with Gasteiger partial charge in [-0.15, -0.1) is 0 Å². The van der Waals surface area contributed by atoms with Crippen LogP contribution in [-0.4, -0.2) is 37.0 Å². The molecular weight excluding hydrogens is 210 g/mol. The van der Waals surface area contributed by atoms with E-state index in [9.17, 15) is 9.59 Å². The zero-order valence-electron chi connectivity index (χ0n) is 9.65. The first-order valence-electron chi connectivity index (χ1n) is 5.11. The molecule has 1 heterocycles. The highest BCUT2D eigenvalue weighted by molar-refractivity contribution is 5.93. The molecule has 0 aliphatic heterocycles. The molecule has 0 aromatic carbocycles. The number of carbonyl (C=O) groups is 2. The van der Waals surface area contributed by atoms with Gasteiger partial charge in [0.15, 0.2) is 5.76 Å². The SMILES string of the molecule is CCN(CC)C(=O)c1ccc(C(=O)OC)o1. The van der Waals surface area contributed by atoms with Crippen molar-refractivity contribution in [1.82, 2.24) is 4.90 Å². The first-order valence-corrected chi connectivity index (χ1v) is 5.11. The fraction of sp³-hybridized carbons (Fsp3) is 0.455. The lowest BCUT2D eigenvalue weighted by molar-refractivity contribution is 0.0559. The number of amides is 1. The van der Waals surface area contributed by atoms with Crippen molar-refractivity contribution < 1.29 is 18.7 Å². The molecule has 16 heavy (non-hydrogen) atoms. The number of nitrogens with zero attached hydrogens (tertiary/aromatic N) is 1. The number of rotatable bonds is 4. The Labute approximate surface area is 94.0 Å². The minimum atomic E-state index is -0.585. The number of hydrogen-bond acceptors (Lipinski definition) is 4. The molecule has 5 heteroatoms. The second-order valence-electron chi connectivity index (χ2n) is 3.13. The van der Waals surface area contributed by atoms with E-state index in [4.69, 9.17) is 4.42 Å². The molecule has 0 N–H and O–H groups in total. The lowest BCUT2D eigenvalue weighted by atomic mass is 10.3. The molecule has 0 saturated carbocycles. The van der Waals surface area contributed by atoms with E-state index in [-0.39, 0.29) is 17.4 Å². The minimum Gasteiger partial charge on any atom is -0.463 e. The maximum absolute atomic E-state index is 11.8. The Hall–Kier alpha value is -1.78. The van der Waals surface area contributed by atoms with Gasteiger partial charge in [0.05, 0.1) is 7.11 Å². The van der Waals surface area contributed by atoms with Gasteiger partial charge in [-0.25, -0.2) is 4.79 Å². The van der Waals surface area contributed by atoms with Crippen molar-refractivity contribution in [3.8, 4) is 0 Å². The summed E-state index contributed by atoms with van der Waals surface area (Å²) in [6.45, 7) is 4.96. The predicted octanol–water partition coefficient (Wildman–Crippen LogP) is 1.55. The summed E-state index contributed by atoms with van der Waals surface area (Å²) in [6, 6.07) is 2.91. The fourth-order valence-corrected chi connectivity index (χ4v) is 1.33. The van der Waals surface area contributed by atoms with E-state index < -0.39 is 5.97 Å². The lowest BCUT2D eigenvalue weighted by Gasteiger charge is -2.16. The third-order valence-electron chi connectivity index (χ3n) is 2.25. The van der Waals surface area contributed by atoms with Crippen LogP contribution in [0.4, 0.5) is 0 Å². The summed E-state index contributed by atoms with van der Waals surface area (Å²) in [4.78, 5) is 24.5. The molecule has 0 spiro atoms. The second kappa shape index (κ2) is 5.34. The Kier molecular flexibility index (Phi) is 4.10. The normalized spacial score (nSPS) is 9.94. The van der Waals surface area contributed by atoms with Crippen LogP contribution in [0.5, 0.6) is 0 Å². The smallest absolute Gasteiger partial charge is 0.373 e. The van der Waals surface area contributed by atoms with Gasteiger partial charge in [-0.05, 0) is 26.0 Å². The Morgan fingerprint density at radius 2 is 1.81 bits per heavy atom. The van der Waals surface area contributed by atoms with Gasteiger partial charge in [0.2, 0.25) is 5.76 Å². The molecule has 5 nitrogen and oxygen atoms in total. The van der Waals surface area contributed by atoms with Crippen molar-refractivity contribution in [2.45, 2.75) is 13.8 Å². The van der Waals surface area contributed by atoms with Gasteiger partial charge in [-0.2, -0.15) is 0 Å². The molecule has 0 unspecified atom stereocenters. The predicted molar refractivity (Wildman–Crippen MR) is 57.3 cm³/mol. The number of methoxy groups -OCH3 is 1. The van der Waals surface area contributed by atoms with E-state index in [1.165, 1.54) is 19.2 Å². The van der Waals surface area contributed by atoms with E-state index in [0.29, 0.717) is 13.1 Å². The Morgan fingerprint density at radius 3 is 2.31 bits per heavy atom. The molecule has 0 bridgehead atoms. The monoisotopic (exact) mass is 225 g/mol. The fourth-order valence-electron chi connectivity index (χ4n) is 1.33. The highest BCUT2D eigenvalue weighted by atomic mass is 16.5. The molecule has 1 amide bonds. The highest BCUT2D eigenvalue weighted by Gasteiger charge is 2.19. The third kappa shape index (κ3) is 2.42. The maximum Gasteiger partial charge on any atom is 0.373 e. The second-order valence-corrected chi connectivity index (χ2v) is 3.13. The zero-order chi connectivity index (χ0) is 12.1. The van der Waals surface area contributed by atoms with Gasteiger partial charge in [-0.1, -0.05) is 0 Å². The minimum absolute atomic E-state index is 0.0398. The van der Waals surface area contributed by atoms with E-state index >= 15 is 0 Å². The molecule has 0 aliphatic rings. The van der Waals surface area contributed by atoms with Crippen molar-refractivity contribution in [2.24, 2.45) is 0 Å². The molecule has 0 fully saturated rings. The molecular formula is C11H15NO4. The number of ether oxygens (including phenoxy) is 1. The summed E-state index contributed by atoms with van der Waals surface area (Å²) >= 11 is 0. The molecule has 88 valence electrons. The standard InChI is InChI=1S/C11H15NO4/c1-4-12(5-2)10(13)8-6-7-9(16-8)11(14)15-3/h6-7H,4-5H2,1-3H3. The van der Waals surface area contributed by atoms with Crippen molar-refractivity contribution in [3.05, 3.63) is 23.7 Å². The van der Waals surface area contributed by atoms with Gasteiger partial charge in [0.25, 0.3) is 5.91 Å². The summed E-state index contributed by atoms with van der Waals surface area (Å²) in [5.41, 5.74) is 0. The van der Waals surface area contributed by atoms with Crippen molar-refractivity contribution >= 4 is 11.9 Å². The molecule has 1 aromatic heterocycles. The highest BCUT2D eigenvalue weighted by Crippen LogP contribution is 2.11. The summed E-state index contributed by atoms with van der Waals surface area (Å²) < 4.78 is 9.60. The molecule has 0 saturated heterocycles. The number of esters is 1. The average Bonchev–Trinajstić information content (AvgIpc) is 2.78. The first kappa shape index (κ1) is 12.3. The Bertz CT molecular complexity index is 379. The third-order valence-corrected chi connectivity index (χ3v) is 2.25. The van der Waals surface area contributed by atoms with Gasteiger partial charge < -0.3 is 14.1 Å². The number of carbonyl (C=O) groups excluding carboxylic acids is 2. The van der Waals surface area contributed by atoms with Gasteiger partial charge in [-0.3, -0.25) is 4.79 Å². The summed E-state index contributed by atoms with van der Waals surface area (Å²) in [7, 11) is 1.26. The van der Waals surface area contributed by atoms with Crippen molar-refractivity contribution in [3.63, 3.8) is 0 Å². The first-order chi connectivity index (χ1) is 7.63. The molecule has 1 rings (SSSR count). The van der Waals surface area contributed by atoms with Crippen LogP contribution >= 0.6 is 0 Å². The van der Waals surface area contributed by atoms with Crippen molar-refractivity contribution in [1.29, 1.82) is 0 Å².